The van der Waals surface area contributed by atoms with Gasteiger partial charge in [0.1, 0.15) is 24.4 Å². The zero-order valence-electron chi connectivity index (χ0n) is 89.9. The van der Waals surface area contributed by atoms with Gasteiger partial charge in [-0.3, -0.25) is 24.0 Å². The summed E-state index contributed by atoms with van der Waals surface area (Å²) in [5.74, 6) is 1.72. The number of rotatable bonds is 36. The first kappa shape index (κ1) is 118. The van der Waals surface area contributed by atoms with Gasteiger partial charge in [-0.1, -0.05) is 138 Å². The predicted molar refractivity (Wildman–Crippen MR) is 542 cm³/mol. The van der Waals surface area contributed by atoms with Gasteiger partial charge >= 0.3 is 177 Å². The Bertz CT molecular complexity index is 3970. The zero-order valence-corrected chi connectivity index (χ0v) is 106. The van der Waals surface area contributed by atoms with Crippen LogP contribution >= 0.6 is 0 Å². The Morgan fingerprint density at radius 2 is 0.561 bits per heavy atom. The second-order valence-electron chi connectivity index (χ2n) is 43.5. The standard InChI is InChI=1S/C23H52O14Si8.C21H48O14Si8.C19H32O2.C13H24O2.C10H16O5/c1-11-23(9,10)22(24)25-20-19-21-45-35-42(16-6)29-39(13-3)26-38(12-2)27-40(14-4,31-42)33-44(18-8,37-45)34-41(15-5,28-38)32-43(17-7,30-39)36-45;1-11-21(9,10)20(22)23-19-43-33-40(16-6)27-37(13-3)24-36(12-2)25-38(14-4,29-40)31-42(18-8,35-43)32-39(15-5,26-36)30-41(17-7,28-37)34-43;1-6-17(2,3)16(20)21-18(4,5)19-10-13-7-14(11-19)9-15(8-13)12-19;1-5-12(3,4)11(14)15-13(6-2)9-7-8-10-13;1-4-10(2,3)8(11)13-5-7-6-14-9(12)15-7/h11-21H2,1-10H3;11-19H2,1-10H3;13-15H,6-12H2,1-5H3;5-10H2,1-4H3;7H,4-6H2,1-3H3. The van der Waals surface area contributed by atoms with Crippen LogP contribution in [-0.4, -0.2) is 220 Å². The molecule has 5 saturated carbocycles. The molecule has 139 heavy (non-hydrogen) atoms. The monoisotopic (exact) mass is 2240 g/mol. The van der Waals surface area contributed by atoms with Gasteiger partial charge in [-0.25, -0.2) is 4.79 Å². The van der Waals surface area contributed by atoms with E-state index in [0.29, 0.717) is 110 Å². The first-order chi connectivity index (χ1) is 64.8. The van der Waals surface area contributed by atoms with Crippen LogP contribution in [0.15, 0.2) is 0 Å². The average Bonchev–Trinajstić information content (AvgIpc) is 0.714. The number of carbonyl (C=O) groups excluding carboxylic acids is 6. The van der Waals surface area contributed by atoms with Gasteiger partial charge in [0.05, 0.1) is 33.7 Å². The minimum atomic E-state index is -4.15. The number of esters is 5. The molecule has 0 spiro atoms. The van der Waals surface area contributed by atoms with E-state index in [0.717, 1.165) is 49.9 Å². The lowest BCUT2D eigenvalue weighted by molar-refractivity contribution is -0.206. The van der Waals surface area contributed by atoms with Crippen molar-refractivity contribution >= 4 is 177 Å². The summed E-state index contributed by atoms with van der Waals surface area (Å²) >= 11 is 0. The molecule has 37 nitrogen and oxygen atoms in total. The molecule has 18 rings (SSSR count). The molecule has 0 aromatic heterocycles. The number of cyclic esters (lactones) is 2. The van der Waals surface area contributed by atoms with Gasteiger partial charge in [-0.15, -0.1) is 0 Å². The third kappa shape index (κ3) is 25.1. The molecule has 5 aliphatic carbocycles. The van der Waals surface area contributed by atoms with Crippen LogP contribution in [0.25, 0.3) is 0 Å². The lowest BCUT2D eigenvalue weighted by Gasteiger charge is -2.63. The molecule has 53 heteroatoms. The van der Waals surface area contributed by atoms with Gasteiger partial charge in [0, 0.05) is 96.1 Å². The van der Waals surface area contributed by atoms with Gasteiger partial charge in [0.25, 0.3) is 0 Å². The van der Waals surface area contributed by atoms with E-state index >= 15 is 0 Å². The van der Waals surface area contributed by atoms with Crippen molar-refractivity contribution in [3.8, 4) is 0 Å². The fourth-order valence-corrected chi connectivity index (χ4v) is 118. The molecular formula is C86H172O37Si16. The van der Waals surface area contributed by atoms with E-state index in [2.05, 4.69) is 32.4 Å². The highest BCUT2D eigenvalue weighted by Gasteiger charge is 2.85. The Labute approximate surface area is 846 Å². The number of hydrogen-bond acceptors (Lipinski definition) is 37. The third-order valence-electron chi connectivity index (χ3n) is 31.1. The second kappa shape index (κ2) is 44.1. The van der Waals surface area contributed by atoms with Gasteiger partial charge in [0.2, 0.25) is 0 Å². The molecule has 20 bridgehead atoms. The Hall–Kier alpha value is -0.870. The van der Waals surface area contributed by atoms with Crippen LogP contribution in [0.1, 0.15) is 331 Å². The molecular weight excluding hydrogens is 2070 g/mol. The zero-order chi connectivity index (χ0) is 103. The van der Waals surface area contributed by atoms with Crippen molar-refractivity contribution in [1.82, 2.24) is 0 Å². The molecule has 13 heterocycles. The van der Waals surface area contributed by atoms with E-state index in [1.54, 1.807) is 0 Å². The van der Waals surface area contributed by atoms with Crippen molar-refractivity contribution in [2.45, 2.75) is 439 Å². The summed E-state index contributed by atoms with van der Waals surface area (Å²) < 4.78 is 208. The molecule has 18 aliphatic rings. The summed E-state index contributed by atoms with van der Waals surface area (Å²) in [6.45, 7) is 63.1. The normalized spacial score (nSPS) is 39.8. The number of carbonyl (C=O) groups is 6. The number of hydrogen-bond donors (Lipinski definition) is 0. The largest absolute Gasteiger partial charge is 0.518 e. The van der Waals surface area contributed by atoms with Crippen molar-refractivity contribution in [1.29, 1.82) is 0 Å². The minimum Gasteiger partial charge on any atom is -0.465 e. The topological polar surface area (TPSA) is 389 Å². The Balaban J connectivity index is 0.000000180. The van der Waals surface area contributed by atoms with E-state index in [4.69, 9.17) is 127 Å². The molecule has 0 radical (unpaired) electrons. The molecule has 18 fully saturated rings. The van der Waals surface area contributed by atoms with E-state index in [9.17, 15) is 28.8 Å². The quantitative estimate of drug-likeness (QED) is 0.0243. The van der Waals surface area contributed by atoms with E-state index in [1.165, 1.54) is 51.4 Å². The summed E-state index contributed by atoms with van der Waals surface area (Å²) in [5, 5.41) is 0. The van der Waals surface area contributed by atoms with E-state index < -0.39 is 175 Å². The van der Waals surface area contributed by atoms with E-state index in [1.807, 2.05) is 194 Å². The second-order valence-corrected chi connectivity index (χ2v) is 95.6. The Kier molecular flexibility index (Phi) is 37.5. The molecule has 1 unspecified atom stereocenters. The van der Waals surface area contributed by atoms with Gasteiger partial charge in [-0.2, -0.15) is 0 Å². The van der Waals surface area contributed by atoms with E-state index in [-0.39, 0.29) is 83.4 Å². The molecule has 13 saturated heterocycles. The molecule has 0 aromatic rings. The molecule has 0 N–H and O–H groups in total. The Morgan fingerprint density at radius 3 is 0.813 bits per heavy atom. The van der Waals surface area contributed by atoms with Crippen LogP contribution in [0.5, 0.6) is 0 Å². The molecule has 1 atom stereocenters. The van der Waals surface area contributed by atoms with Gasteiger partial charge in [0.15, 0.2) is 12.3 Å². The summed E-state index contributed by atoms with van der Waals surface area (Å²) in [6, 6.07) is 5.60. The van der Waals surface area contributed by atoms with Gasteiger partial charge in [-0.05, 0) is 210 Å². The lowest BCUT2D eigenvalue weighted by atomic mass is 9.46. The summed E-state index contributed by atoms with van der Waals surface area (Å²) in [7, 11) is -60.0. The van der Waals surface area contributed by atoms with Crippen molar-refractivity contribution in [2.24, 2.45) is 50.2 Å². The van der Waals surface area contributed by atoms with Crippen molar-refractivity contribution in [3.63, 3.8) is 0 Å². The molecule has 0 aromatic carbocycles. The summed E-state index contributed by atoms with van der Waals surface area (Å²) in [4.78, 5) is 72.8. The van der Waals surface area contributed by atoms with Crippen LogP contribution in [0.2, 0.25) is 90.7 Å². The average molecular weight is 2250 g/mol. The highest BCUT2D eigenvalue weighted by atomic mass is 28.6. The molecule has 802 valence electrons. The van der Waals surface area contributed by atoms with Gasteiger partial charge < -0.3 is 132 Å². The van der Waals surface area contributed by atoms with Crippen LogP contribution in [0.4, 0.5) is 4.79 Å². The predicted octanol–water partition coefficient (Wildman–Crippen LogP) is 19.8. The smallest absolute Gasteiger partial charge is 0.465 e. The third-order valence-corrected chi connectivity index (χ3v) is 104. The van der Waals surface area contributed by atoms with Crippen LogP contribution in [0.3, 0.4) is 0 Å². The van der Waals surface area contributed by atoms with Crippen LogP contribution in [-0.2, 0) is 156 Å². The van der Waals surface area contributed by atoms with Crippen molar-refractivity contribution in [2.75, 3.05) is 26.1 Å². The summed E-state index contributed by atoms with van der Waals surface area (Å²) in [5.41, 5.74) is -2.70. The lowest BCUT2D eigenvalue weighted by Crippen LogP contribution is -2.88. The maximum Gasteiger partial charge on any atom is 0.518 e. The summed E-state index contributed by atoms with van der Waals surface area (Å²) in [6.07, 6.45) is 16.2. The fourth-order valence-electron chi connectivity index (χ4n) is 19.7. The SMILES string of the molecule is CCC(C)(C)C(=O)OC(C)(C)C12CC3CC(CC(C3)C1)C2.CCC(C)(C)C(=O)OCC1COC(=O)O1.CCC(C)(C)C(=O)OCCC[Si]12O[Si]3(CC)O[Si]4(CC)O[Si]5(CC)O[Si](CC)(O3)O[Si](CC)(O[Si](CC)(O5)O[Si](CC)(O4)O1)O2.CCC(C)(C)C(=O)OC[Si]12O[Si]3(CC)O[Si]4(CC)O[Si]5(CC)O[Si](CC)(O3)O[Si](CC)(O[Si](CC)(O5)O[Si](CC)(O4)O1)O2.CCC1(OC(=O)C(C)(C)CC)CCCC1. The first-order valence-corrected chi connectivity index (χ1v) is 83.3. The minimum absolute atomic E-state index is 0.00857. The first-order valence-electron chi connectivity index (χ1n) is 52.4. The van der Waals surface area contributed by atoms with Crippen molar-refractivity contribution < 1.29 is 161 Å². The van der Waals surface area contributed by atoms with Crippen LogP contribution in [0, 0.1) is 50.2 Å². The number of ether oxygens (including phenoxy) is 7. The highest BCUT2D eigenvalue weighted by molar-refractivity contribution is 7.05. The fraction of sp³-hybridized carbons (Fsp3) is 0.930. The van der Waals surface area contributed by atoms with Crippen molar-refractivity contribution in [3.05, 3.63) is 0 Å². The highest BCUT2D eigenvalue weighted by Crippen LogP contribution is 2.65. The maximum absolute atomic E-state index is 13.3. The molecule has 0 amide bonds. The maximum atomic E-state index is 13.3. The Morgan fingerprint density at radius 1 is 0.317 bits per heavy atom. The molecule has 13 aliphatic heterocycles. The van der Waals surface area contributed by atoms with Crippen LogP contribution < -0.4 is 0 Å².